The largest absolute Gasteiger partial charge is 0.356 e. The molecule has 8 heteroatoms. The first-order valence-corrected chi connectivity index (χ1v) is 9.43. The molecular weight excluding hydrogens is 340 g/mol. The number of carbonyl (C=O) groups is 1. The molecule has 0 unspecified atom stereocenters. The fourth-order valence-electron chi connectivity index (χ4n) is 1.88. The van der Waals surface area contributed by atoms with Crippen molar-refractivity contribution in [3.63, 3.8) is 0 Å². The molecule has 2 aromatic rings. The molecular formula is C15H17ClN2O4S. The van der Waals surface area contributed by atoms with E-state index in [1.54, 1.807) is 18.2 Å². The van der Waals surface area contributed by atoms with E-state index in [-0.39, 0.29) is 18.1 Å². The first-order valence-electron chi connectivity index (χ1n) is 6.99. The zero-order chi connectivity index (χ0) is 16.9. The summed E-state index contributed by atoms with van der Waals surface area (Å²) in [7, 11) is -3.12. The van der Waals surface area contributed by atoms with Crippen molar-refractivity contribution in [2.24, 2.45) is 0 Å². The number of nitrogens with one attached hydrogen (secondary N) is 1. The van der Waals surface area contributed by atoms with Gasteiger partial charge in [-0.05, 0) is 24.3 Å². The lowest BCUT2D eigenvalue weighted by molar-refractivity contribution is -0.120. The van der Waals surface area contributed by atoms with Gasteiger partial charge in [0.05, 0.1) is 11.4 Å². The standard InChI is InChI=1S/C15H17ClN2O4S/c1-23(20,21)9-7-15(19)17-8-6-13-10-14(22-18-13)11-2-4-12(16)5-3-11/h2-5,10H,6-9H2,1H3,(H,17,19). The number of sulfone groups is 1. The highest BCUT2D eigenvalue weighted by Crippen LogP contribution is 2.22. The van der Waals surface area contributed by atoms with Crippen LogP contribution in [0.3, 0.4) is 0 Å². The lowest BCUT2D eigenvalue weighted by Gasteiger charge is -2.02. The van der Waals surface area contributed by atoms with E-state index in [0.717, 1.165) is 11.8 Å². The molecule has 6 nitrogen and oxygen atoms in total. The van der Waals surface area contributed by atoms with Gasteiger partial charge in [0.25, 0.3) is 0 Å². The maximum absolute atomic E-state index is 11.5. The van der Waals surface area contributed by atoms with Crippen molar-refractivity contribution >= 4 is 27.3 Å². The molecule has 0 aliphatic heterocycles. The highest BCUT2D eigenvalue weighted by Gasteiger charge is 2.09. The lowest BCUT2D eigenvalue weighted by atomic mass is 10.1. The van der Waals surface area contributed by atoms with Crippen LogP contribution in [0.15, 0.2) is 34.9 Å². The summed E-state index contributed by atoms with van der Waals surface area (Å²) < 4.78 is 27.2. The monoisotopic (exact) mass is 356 g/mol. The van der Waals surface area contributed by atoms with Crippen molar-refractivity contribution in [3.05, 3.63) is 41.0 Å². The van der Waals surface area contributed by atoms with E-state index in [0.29, 0.717) is 29.4 Å². The number of hydrogen-bond acceptors (Lipinski definition) is 5. The van der Waals surface area contributed by atoms with Gasteiger partial charge >= 0.3 is 0 Å². The Morgan fingerprint density at radius 3 is 2.65 bits per heavy atom. The van der Waals surface area contributed by atoms with Crippen LogP contribution in [0, 0.1) is 0 Å². The number of carbonyl (C=O) groups excluding carboxylic acids is 1. The van der Waals surface area contributed by atoms with Crippen molar-refractivity contribution < 1.29 is 17.7 Å². The van der Waals surface area contributed by atoms with Crippen molar-refractivity contribution in [1.82, 2.24) is 10.5 Å². The molecule has 23 heavy (non-hydrogen) atoms. The zero-order valence-corrected chi connectivity index (χ0v) is 14.2. The summed E-state index contributed by atoms with van der Waals surface area (Å²) in [4.78, 5) is 11.5. The minimum atomic E-state index is -3.12. The average Bonchev–Trinajstić information content (AvgIpc) is 2.94. The van der Waals surface area contributed by atoms with Crippen LogP contribution in [0.1, 0.15) is 12.1 Å². The minimum Gasteiger partial charge on any atom is -0.356 e. The number of nitrogens with zero attached hydrogens (tertiary/aromatic N) is 1. The minimum absolute atomic E-state index is 0.0341. The first-order chi connectivity index (χ1) is 10.8. The SMILES string of the molecule is CS(=O)(=O)CCC(=O)NCCc1cc(-c2ccc(Cl)cc2)on1. The van der Waals surface area contributed by atoms with Crippen LogP contribution in [-0.2, 0) is 21.1 Å². The molecule has 1 aromatic heterocycles. The third-order valence-electron chi connectivity index (χ3n) is 3.09. The number of aromatic nitrogens is 1. The molecule has 0 radical (unpaired) electrons. The zero-order valence-electron chi connectivity index (χ0n) is 12.6. The summed E-state index contributed by atoms with van der Waals surface area (Å²) >= 11 is 5.83. The van der Waals surface area contributed by atoms with Gasteiger partial charge in [-0.3, -0.25) is 4.79 Å². The Kier molecular flexibility index (Phi) is 5.79. The molecule has 0 aliphatic rings. The maximum Gasteiger partial charge on any atom is 0.221 e. The van der Waals surface area contributed by atoms with Gasteiger partial charge in [-0.25, -0.2) is 8.42 Å². The first kappa shape index (κ1) is 17.5. The van der Waals surface area contributed by atoms with Gasteiger partial charge < -0.3 is 9.84 Å². The van der Waals surface area contributed by atoms with E-state index >= 15 is 0 Å². The second-order valence-corrected chi connectivity index (χ2v) is 7.87. The van der Waals surface area contributed by atoms with Gasteiger partial charge in [-0.2, -0.15) is 0 Å². The highest BCUT2D eigenvalue weighted by atomic mass is 35.5. The molecule has 0 fully saturated rings. The Morgan fingerprint density at radius 2 is 2.00 bits per heavy atom. The van der Waals surface area contributed by atoms with E-state index < -0.39 is 9.84 Å². The van der Waals surface area contributed by atoms with Crippen LogP contribution in [0.2, 0.25) is 5.02 Å². The smallest absolute Gasteiger partial charge is 0.221 e. The van der Waals surface area contributed by atoms with Gasteiger partial charge in [0.1, 0.15) is 9.84 Å². The van der Waals surface area contributed by atoms with Crippen molar-refractivity contribution in [2.45, 2.75) is 12.8 Å². The normalized spacial score (nSPS) is 11.4. The van der Waals surface area contributed by atoms with Gasteiger partial charge in [0.15, 0.2) is 5.76 Å². The number of amides is 1. The Labute approximate surface area is 139 Å². The van der Waals surface area contributed by atoms with E-state index in [1.165, 1.54) is 0 Å². The predicted molar refractivity (Wildman–Crippen MR) is 88.0 cm³/mol. The Bertz CT molecular complexity index is 769. The molecule has 1 amide bonds. The van der Waals surface area contributed by atoms with Crippen molar-refractivity contribution in [1.29, 1.82) is 0 Å². The number of hydrogen-bond donors (Lipinski definition) is 1. The highest BCUT2D eigenvalue weighted by molar-refractivity contribution is 7.90. The molecule has 124 valence electrons. The molecule has 0 spiro atoms. The third-order valence-corrected chi connectivity index (χ3v) is 4.29. The maximum atomic E-state index is 11.5. The van der Waals surface area contributed by atoms with Crippen molar-refractivity contribution in [2.75, 3.05) is 18.6 Å². The summed E-state index contributed by atoms with van der Waals surface area (Å²) in [6.45, 7) is 0.370. The fourth-order valence-corrected chi connectivity index (χ4v) is 2.56. The molecule has 1 N–H and O–H groups in total. The van der Waals surface area contributed by atoms with Crippen molar-refractivity contribution in [3.8, 4) is 11.3 Å². The summed E-state index contributed by atoms with van der Waals surface area (Å²) in [6.07, 6.45) is 1.57. The van der Waals surface area contributed by atoms with Gasteiger partial charge in [0.2, 0.25) is 5.91 Å². The second-order valence-electron chi connectivity index (χ2n) is 5.17. The van der Waals surface area contributed by atoms with Gasteiger partial charge in [-0.15, -0.1) is 0 Å². The van der Waals surface area contributed by atoms with E-state index in [1.807, 2.05) is 12.1 Å². The molecule has 1 aromatic carbocycles. The van der Waals surface area contributed by atoms with Crippen LogP contribution in [0.25, 0.3) is 11.3 Å². The van der Waals surface area contributed by atoms with Crippen LogP contribution >= 0.6 is 11.6 Å². The Balaban J connectivity index is 1.81. The van der Waals surface area contributed by atoms with Gasteiger partial charge in [-0.1, -0.05) is 16.8 Å². The number of benzene rings is 1. The molecule has 0 aliphatic carbocycles. The molecule has 0 atom stereocenters. The predicted octanol–water partition coefficient (Wildman–Crippen LogP) is 2.09. The summed E-state index contributed by atoms with van der Waals surface area (Å²) in [6, 6.07) is 8.99. The van der Waals surface area contributed by atoms with Gasteiger partial charge in [0, 0.05) is 42.3 Å². The summed E-state index contributed by atoms with van der Waals surface area (Å²) in [5, 5.41) is 7.24. The fraction of sp³-hybridized carbons (Fsp3) is 0.333. The molecule has 0 saturated carbocycles. The van der Waals surface area contributed by atoms with Crippen LogP contribution in [0.5, 0.6) is 0 Å². The van der Waals surface area contributed by atoms with E-state index in [9.17, 15) is 13.2 Å². The quantitative estimate of drug-likeness (QED) is 0.820. The van der Waals surface area contributed by atoms with E-state index in [2.05, 4.69) is 10.5 Å². The van der Waals surface area contributed by atoms with E-state index in [4.69, 9.17) is 16.1 Å². The third kappa shape index (κ3) is 6.03. The number of halogens is 1. The van der Waals surface area contributed by atoms with Crippen LogP contribution < -0.4 is 5.32 Å². The topological polar surface area (TPSA) is 89.3 Å². The average molecular weight is 357 g/mol. The molecule has 0 bridgehead atoms. The lowest BCUT2D eigenvalue weighted by Crippen LogP contribution is -2.27. The molecule has 2 rings (SSSR count). The molecule has 0 saturated heterocycles. The Hall–Kier alpha value is -1.86. The van der Waals surface area contributed by atoms with Crippen LogP contribution in [0.4, 0.5) is 0 Å². The van der Waals surface area contributed by atoms with Crippen LogP contribution in [-0.4, -0.2) is 38.0 Å². The Morgan fingerprint density at radius 1 is 1.30 bits per heavy atom. The summed E-state index contributed by atoms with van der Waals surface area (Å²) in [5.74, 6) is 0.181. The second kappa shape index (κ2) is 7.61. The molecule has 1 heterocycles. The summed E-state index contributed by atoms with van der Waals surface area (Å²) in [5.41, 5.74) is 1.57. The number of rotatable bonds is 7.